The summed E-state index contributed by atoms with van der Waals surface area (Å²) in [5.74, 6) is -1.29. The first kappa shape index (κ1) is 63.7. The van der Waals surface area contributed by atoms with E-state index in [1.165, 1.54) is 127 Å². The highest BCUT2D eigenvalue weighted by Crippen LogP contribution is 2.38. The van der Waals surface area contributed by atoms with Crippen molar-refractivity contribution in [1.29, 1.82) is 0 Å². The highest BCUT2D eigenvalue weighted by molar-refractivity contribution is 8.24. The molecule has 392 valence electrons. The highest BCUT2D eigenvalue weighted by atomic mass is 32.2. The number of hydrogen-bond acceptors (Lipinski definition) is 12. The smallest absolute Gasteiger partial charge is 0.306 e. The Labute approximate surface area is 422 Å². The second kappa shape index (κ2) is 44.6. The van der Waals surface area contributed by atoms with Gasteiger partial charge >= 0.3 is 11.9 Å². The van der Waals surface area contributed by atoms with Gasteiger partial charge in [-0.05, 0) is 38.2 Å². The van der Waals surface area contributed by atoms with Gasteiger partial charge in [0.15, 0.2) is 6.10 Å². The largest absolute Gasteiger partial charge is 0.756 e. The Morgan fingerprint density at radius 1 is 0.588 bits per heavy atom. The standard InChI is InChI=1S/C53H93N2O10PS2/c1-4-6-8-10-12-14-16-18-20-22-24-26-33-39-50(57)62-44-48(65-51(58)40-34-27-25-23-21-19-17-15-13-11-9-7-5-2)45-64-66(60,61)63-43-42-54-49(56)38-32-29-35-41-55-52(59)46(3)68-53(67)47-36-30-28-31-37-47/h28,30-31,36-37,46,48H,4-27,29,32-35,38-45H2,1-3H3,(H,54,56)(H,55,59)(H,60,61)/p-1. The molecule has 12 nitrogen and oxygen atoms in total. The number of rotatable bonds is 47. The molecule has 3 unspecified atom stereocenters. The van der Waals surface area contributed by atoms with Gasteiger partial charge in [-0.3, -0.25) is 23.7 Å². The van der Waals surface area contributed by atoms with Crippen LogP contribution in [0.3, 0.4) is 0 Å². The quantitative estimate of drug-likeness (QED) is 0.0275. The van der Waals surface area contributed by atoms with Gasteiger partial charge in [-0.15, -0.1) is 11.8 Å². The number of esters is 2. The number of carbonyl (C=O) groups is 4. The average Bonchev–Trinajstić information content (AvgIpc) is 3.32. The van der Waals surface area contributed by atoms with E-state index in [2.05, 4.69) is 24.5 Å². The van der Waals surface area contributed by atoms with Crippen LogP contribution in [-0.4, -0.2) is 72.2 Å². The van der Waals surface area contributed by atoms with Crippen molar-refractivity contribution >= 4 is 59.8 Å². The lowest BCUT2D eigenvalue weighted by molar-refractivity contribution is -0.228. The summed E-state index contributed by atoms with van der Waals surface area (Å²) in [6, 6.07) is 9.57. The van der Waals surface area contributed by atoms with Crippen LogP contribution in [0, 0.1) is 0 Å². The van der Waals surface area contributed by atoms with Crippen molar-refractivity contribution in [1.82, 2.24) is 10.6 Å². The van der Waals surface area contributed by atoms with Gasteiger partial charge in [-0.2, -0.15) is 0 Å². The fraction of sp³-hybridized carbons (Fsp3) is 0.792. The molecule has 1 aromatic carbocycles. The van der Waals surface area contributed by atoms with Crippen LogP contribution in [0.5, 0.6) is 0 Å². The summed E-state index contributed by atoms with van der Waals surface area (Å²) in [6.45, 7) is 5.48. The van der Waals surface area contributed by atoms with Crippen LogP contribution in [0.4, 0.5) is 0 Å². The molecule has 0 spiro atoms. The van der Waals surface area contributed by atoms with E-state index < -0.39 is 32.5 Å². The number of phosphoric acid groups is 1. The van der Waals surface area contributed by atoms with Crippen molar-refractivity contribution in [2.24, 2.45) is 0 Å². The molecule has 1 rings (SSSR count). The van der Waals surface area contributed by atoms with Gasteiger partial charge in [-0.25, -0.2) is 0 Å². The van der Waals surface area contributed by atoms with Crippen molar-refractivity contribution in [2.45, 2.75) is 238 Å². The Kier molecular flexibility index (Phi) is 41.7. The summed E-state index contributed by atoms with van der Waals surface area (Å²) in [4.78, 5) is 62.9. The van der Waals surface area contributed by atoms with Crippen LogP contribution in [0.1, 0.15) is 232 Å². The van der Waals surface area contributed by atoms with Gasteiger partial charge in [0.05, 0.1) is 22.7 Å². The molecule has 0 heterocycles. The summed E-state index contributed by atoms with van der Waals surface area (Å²) in [5.41, 5.74) is 0.913. The molecular weight excluding hydrogens is 920 g/mol. The van der Waals surface area contributed by atoms with E-state index in [1.54, 1.807) is 0 Å². The molecule has 15 heteroatoms. The van der Waals surface area contributed by atoms with Gasteiger partial charge < -0.3 is 34.0 Å². The highest BCUT2D eigenvalue weighted by Gasteiger charge is 2.21. The Bertz CT molecular complexity index is 1490. The van der Waals surface area contributed by atoms with Crippen LogP contribution in [0.25, 0.3) is 0 Å². The normalized spacial score (nSPS) is 13.1. The predicted octanol–water partition coefficient (Wildman–Crippen LogP) is 13.2. The van der Waals surface area contributed by atoms with Crippen LogP contribution >= 0.6 is 31.8 Å². The van der Waals surface area contributed by atoms with Crippen LogP contribution in [0.15, 0.2) is 30.3 Å². The fourth-order valence-electron chi connectivity index (χ4n) is 7.64. The molecule has 0 aliphatic rings. The zero-order chi connectivity index (χ0) is 49.8. The van der Waals surface area contributed by atoms with Gasteiger partial charge in [0.25, 0.3) is 7.82 Å². The Balaban J connectivity index is 2.37. The summed E-state index contributed by atoms with van der Waals surface area (Å²) in [7, 11) is -4.84. The maximum atomic E-state index is 12.8. The number of thiocarbonyl (C=S) groups is 1. The van der Waals surface area contributed by atoms with Crippen molar-refractivity contribution in [3.05, 3.63) is 35.9 Å². The van der Waals surface area contributed by atoms with E-state index in [9.17, 15) is 28.6 Å². The van der Waals surface area contributed by atoms with Gasteiger partial charge in [0, 0.05) is 32.4 Å². The third-order valence-electron chi connectivity index (χ3n) is 11.8. The number of amides is 2. The number of unbranched alkanes of at least 4 members (excludes halogenated alkanes) is 26. The molecule has 0 aliphatic heterocycles. The van der Waals surface area contributed by atoms with E-state index in [4.69, 9.17) is 30.7 Å². The molecular formula is C53H92N2O10PS2-. The molecule has 1 aromatic rings. The molecule has 0 radical (unpaired) electrons. The van der Waals surface area contributed by atoms with E-state index >= 15 is 0 Å². The fourth-order valence-corrected chi connectivity index (χ4v) is 9.73. The minimum atomic E-state index is -4.84. The second-order valence-corrected chi connectivity index (χ2v) is 21.7. The number of phosphoric ester groups is 1. The molecule has 0 saturated heterocycles. The van der Waals surface area contributed by atoms with Crippen LogP contribution < -0.4 is 15.5 Å². The third kappa shape index (κ3) is 39.4. The van der Waals surface area contributed by atoms with Crippen molar-refractivity contribution in [3.8, 4) is 0 Å². The Morgan fingerprint density at radius 2 is 1.04 bits per heavy atom. The van der Waals surface area contributed by atoms with E-state index in [-0.39, 0.29) is 56.1 Å². The summed E-state index contributed by atoms with van der Waals surface area (Å²) in [5, 5.41) is 5.23. The number of ether oxygens (including phenoxy) is 2. The average molecular weight is 1010 g/mol. The zero-order valence-corrected chi connectivity index (χ0v) is 45.1. The molecule has 0 saturated carbocycles. The number of benzene rings is 1. The third-order valence-corrected chi connectivity index (χ3v) is 14.3. The first-order valence-corrected chi connectivity index (χ1v) is 29.5. The summed E-state index contributed by atoms with van der Waals surface area (Å²) in [6.07, 6.45) is 32.4. The Morgan fingerprint density at radius 3 is 1.56 bits per heavy atom. The number of carbonyl (C=O) groups excluding carboxylic acids is 4. The van der Waals surface area contributed by atoms with Gasteiger partial charge in [-0.1, -0.05) is 217 Å². The van der Waals surface area contributed by atoms with Crippen LogP contribution in [-0.2, 0) is 42.3 Å². The SMILES string of the molecule is CCCCCCCCCCCCCCCC(=O)OCC(COP(=O)([O-])OCCNC(=O)CCCCCNC(=O)C(C)SC(=S)c1ccccc1)OC(=O)CCCCCCCCCCCCCCC. The molecule has 0 fully saturated rings. The maximum absolute atomic E-state index is 12.8. The van der Waals surface area contributed by atoms with E-state index in [1.807, 2.05) is 37.3 Å². The first-order valence-electron chi connectivity index (χ1n) is 26.7. The van der Waals surface area contributed by atoms with Crippen molar-refractivity contribution in [2.75, 3.05) is 32.9 Å². The monoisotopic (exact) mass is 1010 g/mol. The van der Waals surface area contributed by atoms with Crippen molar-refractivity contribution < 1.29 is 47.2 Å². The minimum Gasteiger partial charge on any atom is -0.756 e. The predicted molar refractivity (Wildman–Crippen MR) is 281 cm³/mol. The Hall–Kier alpha value is -2.35. The lowest BCUT2D eigenvalue weighted by Gasteiger charge is -2.25. The second-order valence-electron chi connectivity index (χ2n) is 18.2. The molecule has 3 atom stereocenters. The van der Waals surface area contributed by atoms with E-state index in [0.29, 0.717) is 36.4 Å². The van der Waals surface area contributed by atoms with E-state index in [0.717, 1.165) is 50.5 Å². The lowest BCUT2D eigenvalue weighted by atomic mass is 10.0. The topological polar surface area (TPSA) is 169 Å². The minimum absolute atomic E-state index is 0.0563. The molecule has 2 N–H and O–H groups in total. The number of hydrogen-bond donors (Lipinski definition) is 2. The summed E-state index contributed by atoms with van der Waals surface area (Å²) < 4.78 is 34.3. The maximum Gasteiger partial charge on any atom is 0.306 e. The van der Waals surface area contributed by atoms with Crippen LogP contribution in [0.2, 0.25) is 0 Å². The molecule has 68 heavy (non-hydrogen) atoms. The van der Waals surface area contributed by atoms with Gasteiger partial charge in [0.1, 0.15) is 6.61 Å². The molecule has 2 amide bonds. The number of nitrogens with one attached hydrogen (secondary N) is 2. The molecule has 0 bridgehead atoms. The molecule has 0 aliphatic carbocycles. The van der Waals surface area contributed by atoms with Crippen molar-refractivity contribution in [3.63, 3.8) is 0 Å². The van der Waals surface area contributed by atoms with Gasteiger partial charge in [0.2, 0.25) is 11.8 Å². The molecule has 0 aromatic heterocycles. The number of thioether (sulfide) groups is 1. The summed E-state index contributed by atoms with van der Waals surface area (Å²) >= 11 is 6.80. The first-order chi connectivity index (χ1) is 33.0. The zero-order valence-electron chi connectivity index (χ0n) is 42.6. The lowest BCUT2D eigenvalue weighted by Crippen LogP contribution is -2.32.